The van der Waals surface area contributed by atoms with Crippen molar-refractivity contribution in [2.75, 3.05) is 0 Å². The van der Waals surface area contributed by atoms with Gasteiger partial charge in [-0.15, -0.1) is 5.10 Å². The van der Waals surface area contributed by atoms with E-state index in [0.29, 0.717) is 11.5 Å². The van der Waals surface area contributed by atoms with Gasteiger partial charge in [0.25, 0.3) is 0 Å². The van der Waals surface area contributed by atoms with E-state index in [4.69, 9.17) is 4.42 Å². The molecule has 3 aromatic rings. The normalized spacial score (nSPS) is 11.0. The number of nitrogens with zero attached hydrogens (tertiary/aromatic N) is 3. The first-order chi connectivity index (χ1) is 8.66. The maximum atomic E-state index is 11.3. The summed E-state index contributed by atoms with van der Waals surface area (Å²) >= 11 is 0. The van der Waals surface area contributed by atoms with Crippen molar-refractivity contribution in [2.24, 2.45) is 0 Å². The van der Waals surface area contributed by atoms with E-state index in [-0.39, 0.29) is 5.63 Å². The van der Waals surface area contributed by atoms with Gasteiger partial charge in [0.2, 0.25) is 5.71 Å². The Kier molecular flexibility index (Phi) is 2.26. The molecule has 18 heavy (non-hydrogen) atoms. The fourth-order valence-corrected chi connectivity index (χ4v) is 2.08. The van der Waals surface area contributed by atoms with Gasteiger partial charge >= 0.3 is 5.63 Å². The van der Waals surface area contributed by atoms with Crippen LogP contribution in [-0.4, -0.2) is 14.8 Å². The molecule has 0 fully saturated rings. The van der Waals surface area contributed by atoms with Gasteiger partial charge in [-0.2, -0.15) is 0 Å². The third kappa shape index (κ3) is 1.52. The molecule has 0 radical (unpaired) electrons. The van der Waals surface area contributed by atoms with Crippen LogP contribution in [-0.2, 0) is 0 Å². The summed E-state index contributed by atoms with van der Waals surface area (Å²) in [7, 11) is 0. The van der Waals surface area contributed by atoms with Gasteiger partial charge in [-0.25, -0.2) is 14.5 Å². The van der Waals surface area contributed by atoms with E-state index in [1.165, 1.54) is 6.07 Å². The molecule has 0 unspecified atom stereocenters. The van der Waals surface area contributed by atoms with E-state index in [2.05, 4.69) is 10.1 Å². The molecular formula is C13H11N3O2. The summed E-state index contributed by atoms with van der Waals surface area (Å²) in [6.45, 7) is 3.80. The van der Waals surface area contributed by atoms with E-state index in [0.717, 1.165) is 16.6 Å². The van der Waals surface area contributed by atoms with Crippen LogP contribution in [0.5, 0.6) is 0 Å². The zero-order chi connectivity index (χ0) is 12.7. The Balaban J connectivity index is 2.37. The SMILES string of the molecule is Cc1cc(=O)oc2nn(-c3ccccn3)c(C)c12. The Hall–Kier alpha value is -2.43. The minimum Gasteiger partial charge on any atom is -0.402 e. The van der Waals surface area contributed by atoms with Crippen LogP contribution in [0.1, 0.15) is 11.3 Å². The fourth-order valence-electron chi connectivity index (χ4n) is 2.08. The van der Waals surface area contributed by atoms with Gasteiger partial charge in [0.1, 0.15) is 0 Å². The van der Waals surface area contributed by atoms with Crippen molar-refractivity contribution in [3.63, 3.8) is 0 Å². The molecule has 0 saturated carbocycles. The molecule has 0 aliphatic carbocycles. The number of fused-ring (bicyclic) bond motifs is 1. The average Bonchev–Trinajstić information content (AvgIpc) is 2.67. The van der Waals surface area contributed by atoms with Crippen LogP contribution in [0.15, 0.2) is 39.7 Å². The third-order valence-corrected chi connectivity index (χ3v) is 2.88. The number of pyridine rings is 1. The van der Waals surface area contributed by atoms with Crippen LogP contribution in [0.2, 0.25) is 0 Å². The Labute approximate surface area is 103 Å². The van der Waals surface area contributed by atoms with Crippen molar-refractivity contribution >= 4 is 11.1 Å². The zero-order valence-electron chi connectivity index (χ0n) is 10.0. The molecule has 0 aliphatic rings. The summed E-state index contributed by atoms with van der Waals surface area (Å²) in [6.07, 6.45) is 1.70. The first-order valence-corrected chi connectivity index (χ1v) is 5.58. The second kappa shape index (κ2) is 3.80. The molecule has 3 rings (SSSR count). The van der Waals surface area contributed by atoms with Crippen LogP contribution in [0.4, 0.5) is 0 Å². The quantitative estimate of drug-likeness (QED) is 0.653. The van der Waals surface area contributed by atoms with Gasteiger partial charge in [-0.3, -0.25) is 0 Å². The minimum atomic E-state index is -0.384. The second-order valence-corrected chi connectivity index (χ2v) is 4.11. The average molecular weight is 241 g/mol. The largest absolute Gasteiger partial charge is 0.402 e. The Bertz CT molecular complexity index is 772. The number of hydrogen-bond acceptors (Lipinski definition) is 4. The molecule has 0 atom stereocenters. The molecule has 0 saturated heterocycles. The highest BCUT2D eigenvalue weighted by molar-refractivity contribution is 5.80. The molecule has 0 amide bonds. The highest BCUT2D eigenvalue weighted by Gasteiger charge is 2.14. The monoisotopic (exact) mass is 241 g/mol. The summed E-state index contributed by atoms with van der Waals surface area (Å²) in [5, 5.41) is 5.15. The standard InChI is InChI=1S/C13H11N3O2/c1-8-7-11(17)18-13-12(8)9(2)16(15-13)10-5-3-4-6-14-10/h3-7H,1-2H3. The molecule has 90 valence electrons. The number of rotatable bonds is 1. The Morgan fingerprint density at radius 3 is 2.83 bits per heavy atom. The Morgan fingerprint density at radius 1 is 1.28 bits per heavy atom. The minimum absolute atomic E-state index is 0.350. The van der Waals surface area contributed by atoms with Crippen molar-refractivity contribution < 1.29 is 4.42 Å². The summed E-state index contributed by atoms with van der Waals surface area (Å²) in [4.78, 5) is 15.6. The maximum absolute atomic E-state index is 11.3. The third-order valence-electron chi connectivity index (χ3n) is 2.88. The second-order valence-electron chi connectivity index (χ2n) is 4.11. The van der Waals surface area contributed by atoms with Gasteiger partial charge < -0.3 is 4.42 Å². The zero-order valence-corrected chi connectivity index (χ0v) is 10.0. The molecule has 3 heterocycles. The molecule has 5 heteroatoms. The highest BCUT2D eigenvalue weighted by atomic mass is 16.4. The Morgan fingerprint density at radius 2 is 2.11 bits per heavy atom. The van der Waals surface area contributed by atoms with Gasteiger partial charge in [0.15, 0.2) is 5.82 Å². The van der Waals surface area contributed by atoms with E-state index >= 15 is 0 Å². The predicted molar refractivity (Wildman–Crippen MR) is 66.9 cm³/mol. The molecule has 0 N–H and O–H groups in total. The van der Waals surface area contributed by atoms with Crippen molar-refractivity contribution in [3.8, 4) is 5.82 Å². The smallest absolute Gasteiger partial charge is 0.337 e. The molecule has 5 nitrogen and oxygen atoms in total. The molecule has 0 aliphatic heterocycles. The molecule has 0 aromatic carbocycles. The van der Waals surface area contributed by atoms with E-state index < -0.39 is 0 Å². The van der Waals surface area contributed by atoms with Crippen molar-refractivity contribution in [1.29, 1.82) is 0 Å². The van der Waals surface area contributed by atoms with Gasteiger partial charge in [-0.05, 0) is 31.5 Å². The number of aryl methyl sites for hydroxylation is 2. The van der Waals surface area contributed by atoms with Crippen LogP contribution < -0.4 is 5.63 Å². The summed E-state index contributed by atoms with van der Waals surface area (Å²) < 4.78 is 6.79. The first kappa shape index (κ1) is 10.7. The van der Waals surface area contributed by atoms with Crippen LogP contribution in [0, 0.1) is 13.8 Å². The summed E-state index contributed by atoms with van der Waals surface area (Å²) in [5.41, 5.74) is 1.74. The van der Waals surface area contributed by atoms with E-state index in [9.17, 15) is 4.79 Å². The lowest BCUT2D eigenvalue weighted by Crippen LogP contribution is -2.00. The highest BCUT2D eigenvalue weighted by Crippen LogP contribution is 2.21. The molecule has 3 aromatic heterocycles. The lowest BCUT2D eigenvalue weighted by Gasteiger charge is -2.01. The number of aromatic nitrogens is 3. The summed E-state index contributed by atoms with van der Waals surface area (Å²) in [6, 6.07) is 7.05. The fraction of sp³-hybridized carbons (Fsp3) is 0.154. The van der Waals surface area contributed by atoms with Crippen molar-refractivity contribution in [2.45, 2.75) is 13.8 Å². The number of hydrogen-bond donors (Lipinski definition) is 0. The molecule has 0 spiro atoms. The van der Waals surface area contributed by atoms with E-state index in [1.807, 2.05) is 32.0 Å². The predicted octanol–water partition coefficient (Wildman–Crippen LogP) is 1.99. The van der Waals surface area contributed by atoms with Crippen molar-refractivity contribution in [3.05, 3.63) is 52.1 Å². The van der Waals surface area contributed by atoms with Crippen LogP contribution in [0.25, 0.3) is 16.9 Å². The van der Waals surface area contributed by atoms with Gasteiger partial charge in [0.05, 0.1) is 11.1 Å². The lowest BCUT2D eigenvalue weighted by atomic mass is 10.2. The van der Waals surface area contributed by atoms with E-state index in [1.54, 1.807) is 10.9 Å². The van der Waals surface area contributed by atoms with Crippen molar-refractivity contribution in [1.82, 2.24) is 14.8 Å². The molecular weight excluding hydrogens is 230 g/mol. The maximum Gasteiger partial charge on any atom is 0.337 e. The van der Waals surface area contributed by atoms with Crippen LogP contribution >= 0.6 is 0 Å². The molecule has 0 bridgehead atoms. The van der Waals surface area contributed by atoms with Crippen LogP contribution in [0.3, 0.4) is 0 Å². The topological polar surface area (TPSA) is 60.9 Å². The lowest BCUT2D eigenvalue weighted by molar-refractivity contribution is 0.543. The van der Waals surface area contributed by atoms with Gasteiger partial charge in [-0.1, -0.05) is 6.07 Å². The first-order valence-electron chi connectivity index (χ1n) is 5.58. The summed E-state index contributed by atoms with van der Waals surface area (Å²) in [5.74, 6) is 0.702. The van der Waals surface area contributed by atoms with Gasteiger partial charge in [0, 0.05) is 12.3 Å².